The molecule has 2 heterocycles. The highest BCUT2D eigenvalue weighted by atomic mass is 32.2. The Hall–Kier alpha value is -3.11. The Morgan fingerprint density at radius 2 is 1.67 bits per heavy atom. The molecule has 8 rings (SSSR count). The van der Waals surface area contributed by atoms with E-state index in [1.54, 1.807) is 6.07 Å². The van der Waals surface area contributed by atoms with Gasteiger partial charge in [-0.2, -0.15) is 4.73 Å². The molecule has 5 aliphatic rings. The minimum absolute atomic E-state index is 0.0146. The highest BCUT2D eigenvalue weighted by molar-refractivity contribution is 7.99. The molecule has 1 aliphatic heterocycles. The van der Waals surface area contributed by atoms with Crippen molar-refractivity contribution in [3.05, 3.63) is 94.8 Å². The molecule has 4 saturated carbocycles. The maximum atomic E-state index is 13.2. The number of aliphatic hydroxyl groups is 1. The summed E-state index contributed by atoms with van der Waals surface area (Å²) in [6, 6.07) is 20.7. The minimum Gasteiger partial charge on any atom is -0.618 e. The van der Waals surface area contributed by atoms with Crippen LogP contribution in [0.15, 0.2) is 78.0 Å². The largest absolute Gasteiger partial charge is 0.618 e. The Morgan fingerprint density at radius 3 is 2.37 bits per heavy atom. The van der Waals surface area contributed by atoms with E-state index in [0.717, 1.165) is 58.4 Å². The molecule has 226 valence electrons. The van der Waals surface area contributed by atoms with Gasteiger partial charge in [0, 0.05) is 41.1 Å². The Kier molecular flexibility index (Phi) is 8.07. The Balaban J connectivity index is 1.06. The summed E-state index contributed by atoms with van der Waals surface area (Å²) in [6.45, 7) is -0.0146. The van der Waals surface area contributed by atoms with Crippen LogP contribution >= 0.6 is 11.8 Å². The van der Waals surface area contributed by atoms with E-state index in [-0.39, 0.29) is 30.4 Å². The lowest BCUT2D eigenvalue weighted by Gasteiger charge is -2.56. The fourth-order valence-electron chi connectivity index (χ4n) is 8.16. The van der Waals surface area contributed by atoms with Gasteiger partial charge in [0.1, 0.15) is 0 Å². The molecule has 0 spiro atoms. The number of carbonyl (C=O) groups excluding carboxylic acids is 1. The van der Waals surface area contributed by atoms with Crippen LogP contribution < -0.4 is 15.4 Å². The van der Waals surface area contributed by atoms with Crippen molar-refractivity contribution in [3.63, 3.8) is 0 Å². The first-order valence-corrected chi connectivity index (χ1v) is 16.4. The van der Waals surface area contributed by atoms with Crippen LogP contribution in [0.2, 0.25) is 0 Å². The number of aromatic nitrogens is 1. The zero-order valence-electron chi connectivity index (χ0n) is 24.2. The van der Waals surface area contributed by atoms with E-state index in [0.29, 0.717) is 22.9 Å². The smallest absolute Gasteiger partial charge is 0.319 e. The lowest BCUT2D eigenvalue weighted by Crippen LogP contribution is -2.60. The number of nitrogens with one attached hydrogen (secondary N) is 2. The normalized spacial score (nSPS) is 31.1. The van der Waals surface area contributed by atoms with Crippen LogP contribution in [0.4, 0.5) is 10.5 Å². The molecule has 9 heteroatoms. The SMILES string of the molecule is O=C(Nc1cccc([C@@H]2O[C@H](CSc3cccc[n+]3[O-])C[C@H](c3ccc(CO)cc3)O2)c1)NC12CC3CC(CC(C3)C1)C2. The molecule has 3 aromatic rings. The van der Waals surface area contributed by atoms with Gasteiger partial charge in [0.25, 0.3) is 5.03 Å². The number of thioether (sulfide) groups is 1. The number of pyridine rings is 1. The van der Waals surface area contributed by atoms with E-state index in [1.807, 2.05) is 60.7 Å². The summed E-state index contributed by atoms with van der Waals surface area (Å²) in [5.74, 6) is 2.86. The molecule has 3 atom stereocenters. The van der Waals surface area contributed by atoms with Crippen LogP contribution in [-0.4, -0.2) is 28.5 Å². The van der Waals surface area contributed by atoms with Crippen molar-refractivity contribution in [2.24, 2.45) is 17.8 Å². The van der Waals surface area contributed by atoms with Crippen molar-refractivity contribution in [3.8, 4) is 0 Å². The van der Waals surface area contributed by atoms with E-state index < -0.39 is 6.29 Å². The predicted octanol–water partition coefficient (Wildman–Crippen LogP) is 6.24. The van der Waals surface area contributed by atoms with Crippen LogP contribution in [0.5, 0.6) is 0 Å². The topological polar surface area (TPSA) is 107 Å². The summed E-state index contributed by atoms with van der Waals surface area (Å²) in [5.41, 5.74) is 3.30. The maximum Gasteiger partial charge on any atom is 0.319 e. The van der Waals surface area contributed by atoms with Crippen molar-refractivity contribution >= 4 is 23.5 Å². The van der Waals surface area contributed by atoms with Crippen molar-refractivity contribution in [2.45, 2.75) is 80.6 Å². The summed E-state index contributed by atoms with van der Waals surface area (Å²) in [5, 5.41) is 28.8. The second-order valence-corrected chi connectivity index (χ2v) is 14.0. The van der Waals surface area contributed by atoms with Gasteiger partial charge in [-0.15, -0.1) is 0 Å². The fraction of sp³-hybridized carbons (Fsp3) is 0.471. The predicted molar refractivity (Wildman–Crippen MR) is 164 cm³/mol. The van der Waals surface area contributed by atoms with Crippen LogP contribution in [0.25, 0.3) is 0 Å². The zero-order chi connectivity index (χ0) is 29.4. The second kappa shape index (κ2) is 12.1. The number of anilines is 1. The standard InChI is InChI=1S/C34H39N3O5S/c38-20-22-7-9-26(10-8-22)30-16-29(21-43-31-6-1-2-11-37(31)40)41-32(42-30)27-4-3-5-28(15-27)35-33(39)36-34-17-23-12-24(18-34)14-25(13-23)19-34/h1-11,15,23-25,29-30,32,38H,12-14,16-21H2,(H2,35,36,39)/t23?,24?,25?,29-,30+,32+,34?/m0/s1. The van der Waals surface area contributed by atoms with E-state index in [4.69, 9.17) is 9.47 Å². The number of hydrogen-bond donors (Lipinski definition) is 3. The number of urea groups is 1. The molecule has 5 fully saturated rings. The minimum atomic E-state index is -0.648. The summed E-state index contributed by atoms with van der Waals surface area (Å²) in [7, 11) is 0. The first-order valence-electron chi connectivity index (χ1n) is 15.4. The van der Waals surface area contributed by atoms with Gasteiger partial charge in [0.2, 0.25) is 0 Å². The van der Waals surface area contributed by atoms with E-state index in [1.165, 1.54) is 37.2 Å². The van der Waals surface area contributed by atoms with E-state index >= 15 is 0 Å². The van der Waals surface area contributed by atoms with E-state index in [2.05, 4.69) is 10.6 Å². The molecule has 3 N–H and O–H groups in total. The summed E-state index contributed by atoms with van der Waals surface area (Å²) < 4.78 is 13.8. The molecule has 1 saturated heterocycles. The van der Waals surface area contributed by atoms with Crippen molar-refractivity contribution in [1.29, 1.82) is 0 Å². The molecule has 2 amide bonds. The van der Waals surface area contributed by atoms with Gasteiger partial charge in [0.05, 0.1) is 18.8 Å². The van der Waals surface area contributed by atoms with Gasteiger partial charge in [-0.1, -0.05) is 48.2 Å². The highest BCUT2D eigenvalue weighted by Crippen LogP contribution is 2.55. The maximum absolute atomic E-state index is 13.2. The van der Waals surface area contributed by atoms with E-state index in [9.17, 15) is 15.1 Å². The third-order valence-electron chi connectivity index (χ3n) is 9.65. The Bertz CT molecular complexity index is 1410. The first-order chi connectivity index (χ1) is 20.9. The van der Waals surface area contributed by atoms with Crippen molar-refractivity contribution < 1.29 is 24.1 Å². The number of benzene rings is 2. The molecule has 2 aromatic carbocycles. The van der Waals surface area contributed by atoms with Gasteiger partial charge in [-0.25, -0.2) is 4.79 Å². The summed E-state index contributed by atoms with van der Waals surface area (Å²) in [6.07, 6.45) is 8.37. The molecule has 0 radical (unpaired) electrons. The van der Waals surface area contributed by atoms with Gasteiger partial charge >= 0.3 is 6.03 Å². The first kappa shape index (κ1) is 28.6. The average molecular weight is 602 g/mol. The molecule has 4 bridgehead atoms. The summed E-state index contributed by atoms with van der Waals surface area (Å²) >= 11 is 1.46. The molecule has 1 aromatic heterocycles. The van der Waals surface area contributed by atoms with Gasteiger partial charge in [-0.05, 0) is 85.6 Å². The number of rotatable bonds is 8. The molecule has 4 aliphatic carbocycles. The number of ether oxygens (including phenoxy) is 2. The quantitative estimate of drug-likeness (QED) is 0.160. The van der Waals surface area contributed by atoms with Crippen molar-refractivity contribution in [1.82, 2.24) is 5.32 Å². The molecular weight excluding hydrogens is 562 g/mol. The zero-order valence-corrected chi connectivity index (χ0v) is 25.0. The average Bonchev–Trinajstić information content (AvgIpc) is 3.00. The second-order valence-electron chi connectivity index (χ2n) is 12.9. The van der Waals surface area contributed by atoms with Crippen molar-refractivity contribution in [2.75, 3.05) is 11.1 Å². The molecular formula is C34H39N3O5S. The third kappa shape index (κ3) is 6.41. The monoisotopic (exact) mass is 601 g/mol. The fourth-order valence-corrected chi connectivity index (χ4v) is 9.09. The molecule has 43 heavy (non-hydrogen) atoms. The number of aliphatic hydroxyl groups excluding tert-OH is 1. The van der Waals surface area contributed by atoms with Crippen LogP contribution in [0.1, 0.15) is 74.0 Å². The van der Waals surface area contributed by atoms with Crippen LogP contribution in [-0.2, 0) is 16.1 Å². The summed E-state index contributed by atoms with van der Waals surface area (Å²) in [4.78, 5) is 13.2. The number of hydrogen-bond acceptors (Lipinski definition) is 6. The Labute approximate surface area is 256 Å². The number of nitrogens with zero attached hydrogens (tertiary/aromatic N) is 1. The third-order valence-corrected chi connectivity index (χ3v) is 10.8. The molecule has 0 unspecified atom stereocenters. The van der Waals surface area contributed by atoms with Crippen LogP contribution in [0.3, 0.4) is 0 Å². The molecule has 8 nitrogen and oxygen atoms in total. The van der Waals surface area contributed by atoms with Gasteiger partial charge in [0.15, 0.2) is 12.5 Å². The number of amides is 2. The lowest BCUT2D eigenvalue weighted by atomic mass is 9.53. The number of carbonyl (C=O) groups is 1. The van der Waals surface area contributed by atoms with Crippen LogP contribution in [0, 0.1) is 23.0 Å². The highest BCUT2D eigenvalue weighted by Gasteiger charge is 2.51. The Morgan fingerprint density at radius 1 is 0.930 bits per heavy atom. The lowest BCUT2D eigenvalue weighted by molar-refractivity contribution is -0.645. The van der Waals surface area contributed by atoms with Gasteiger partial charge in [-0.3, -0.25) is 0 Å². The van der Waals surface area contributed by atoms with Gasteiger partial charge < -0.3 is 30.4 Å².